The lowest BCUT2D eigenvalue weighted by Gasteiger charge is -2.26. The number of hydrogen-bond donors (Lipinski definition) is 1. The molecule has 2 fully saturated rings. The van der Waals surface area contributed by atoms with Crippen molar-refractivity contribution in [3.05, 3.63) is 23.8 Å². The molecule has 1 aromatic carbocycles. The third kappa shape index (κ3) is 3.02. The SMILES string of the molecule is O=C(CCC1CCNC1)N1CCCC1c1ccc2c(c1)OCO2. The quantitative estimate of drug-likeness (QED) is 0.927. The van der Waals surface area contributed by atoms with E-state index in [4.69, 9.17) is 9.47 Å². The minimum absolute atomic E-state index is 0.193. The summed E-state index contributed by atoms with van der Waals surface area (Å²) in [6, 6.07) is 6.27. The molecule has 3 aliphatic heterocycles. The van der Waals surface area contributed by atoms with Gasteiger partial charge in [-0.2, -0.15) is 0 Å². The summed E-state index contributed by atoms with van der Waals surface area (Å²) < 4.78 is 10.9. The maximum atomic E-state index is 12.7. The first-order valence-corrected chi connectivity index (χ1v) is 8.71. The summed E-state index contributed by atoms with van der Waals surface area (Å²) in [5.74, 6) is 2.58. The van der Waals surface area contributed by atoms with E-state index < -0.39 is 0 Å². The van der Waals surface area contributed by atoms with Crippen LogP contribution in [0.1, 0.15) is 43.7 Å². The van der Waals surface area contributed by atoms with Crippen molar-refractivity contribution in [1.29, 1.82) is 0 Å². The lowest BCUT2D eigenvalue weighted by atomic mass is 10.0. The minimum atomic E-state index is 0.193. The zero-order valence-electron chi connectivity index (χ0n) is 13.4. The molecule has 2 unspecified atom stereocenters. The smallest absolute Gasteiger partial charge is 0.231 e. The first kappa shape index (κ1) is 14.8. The number of carbonyl (C=O) groups excluding carboxylic acids is 1. The summed E-state index contributed by atoms with van der Waals surface area (Å²) >= 11 is 0. The second kappa shape index (κ2) is 6.40. The van der Waals surface area contributed by atoms with Crippen LogP contribution in [0.2, 0.25) is 0 Å². The first-order chi connectivity index (χ1) is 11.3. The van der Waals surface area contributed by atoms with Crippen LogP contribution in [-0.2, 0) is 4.79 Å². The highest BCUT2D eigenvalue weighted by molar-refractivity contribution is 5.77. The van der Waals surface area contributed by atoms with E-state index in [1.807, 2.05) is 12.1 Å². The molecule has 0 radical (unpaired) electrons. The van der Waals surface area contributed by atoms with Gasteiger partial charge in [0.1, 0.15) is 0 Å². The van der Waals surface area contributed by atoms with Gasteiger partial charge < -0.3 is 19.7 Å². The zero-order chi connectivity index (χ0) is 15.6. The lowest BCUT2D eigenvalue weighted by Crippen LogP contribution is -2.30. The van der Waals surface area contributed by atoms with Gasteiger partial charge in [0.25, 0.3) is 0 Å². The van der Waals surface area contributed by atoms with E-state index in [2.05, 4.69) is 16.3 Å². The highest BCUT2D eigenvalue weighted by Gasteiger charge is 2.31. The van der Waals surface area contributed by atoms with Gasteiger partial charge in [-0.1, -0.05) is 6.07 Å². The van der Waals surface area contributed by atoms with Crippen LogP contribution in [0, 0.1) is 5.92 Å². The largest absolute Gasteiger partial charge is 0.454 e. The summed E-state index contributed by atoms with van der Waals surface area (Å²) in [4.78, 5) is 14.7. The number of nitrogens with one attached hydrogen (secondary N) is 1. The van der Waals surface area contributed by atoms with Gasteiger partial charge in [-0.15, -0.1) is 0 Å². The van der Waals surface area contributed by atoms with Gasteiger partial charge in [-0.3, -0.25) is 4.79 Å². The van der Waals surface area contributed by atoms with Gasteiger partial charge in [0.05, 0.1) is 6.04 Å². The molecule has 2 saturated heterocycles. The van der Waals surface area contributed by atoms with E-state index in [-0.39, 0.29) is 6.04 Å². The number of nitrogens with zero attached hydrogens (tertiary/aromatic N) is 1. The molecule has 1 amide bonds. The van der Waals surface area contributed by atoms with E-state index in [9.17, 15) is 4.79 Å². The maximum Gasteiger partial charge on any atom is 0.231 e. The van der Waals surface area contributed by atoms with Gasteiger partial charge in [0.15, 0.2) is 11.5 Å². The molecule has 1 aromatic rings. The summed E-state index contributed by atoms with van der Waals surface area (Å²) in [7, 11) is 0. The van der Waals surface area contributed by atoms with Crippen LogP contribution in [0.25, 0.3) is 0 Å². The lowest BCUT2D eigenvalue weighted by molar-refractivity contribution is -0.132. The number of ether oxygens (including phenoxy) is 2. The highest BCUT2D eigenvalue weighted by atomic mass is 16.7. The summed E-state index contributed by atoms with van der Waals surface area (Å²) in [6.07, 6.45) is 5.01. The molecule has 3 heterocycles. The van der Waals surface area contributed by atoms with Gasteiger partial charge in [0, 0.05) is 13.0 Å². The minimum Gasteiger partial charge on any atom is -0.454 e. The molecule has 124 valence electrons. The second-order valence-corrected chi connectivity index (χ2v) is 6.76. The molecule has 0 bridgehead atoms. The fourth-order valence-corrected chi connectivity index (χ4v) is 3.96. The predicted octanol–water partition coefficient (Wildman–Crippen LogP) is 2.47. The van der Waals surface area contributed by atoms with Crippen molar-refractivity contribution in [2.75, 3.05) is 26.4 Å². The molecule has 0 aromatic heterocycles. The Hall–Kier alpha value is -1.75. The second-order valence-electron chi connectivity index (χ2n) is 6.76. The molecule has 0 saturated carbocycles. The van der Waals surface area contributed by atoms with Crippen LogP contribution in [0.4, 0.5) is 0 Å². The number of carbonyl (C=O) groups is 1. The molecular weight excluding hydrogens is 292 g/mol. The Morgan fingerprint density at radius 3 is 3.04 bits per heavy atom. The zero-order valence-corrected chi connectivity index (χ0v) is 13.4. The number of benzene rings is 1. The van der Waals surface area contributed by atoms with E-state index in [1.54, 1.807) is 0 Å². The molecule has 0 spiro atoms. The average Bonchev–Trinajstić information content (AvgIpc) is 3.32. The predicted molar refractivity (Wildman–Crippen MR) is 86.5 cm³/mol. The van der Waals surface area contributed by atoms with Crippen molar-refractivity contribution >= 4 is 5.91 Å². The fraction of sp³-hybridized carbons (Fsp3) is 0.611. The van der Waals surface area contributed by atoms with Crippen LogP contribution in [0.15, 0.2) is 18.2 Å². The number of hydrogen-bond acceptors (Lipinski definition) is 4. The van der Waals surface area contributed by atoms with Crippen LogP contribution < -0.4 is 14.8 Å². The normalized spacial score (nSPS) is 26.0. The Kier molecular flexibility index (Phi) is 4.12. The molecule has 5 heteroatoms. The van der Waals surface area contributed by atoms with Crippen molar-refractivity contribution in [1.82, 2.24) is 10.2 Å². The summed E-state index contributed by atoms with van der Waals surface area (Å²) in [6.45, 7) is 3.34. The summed E-state index contributed by atoms with van der Waals surface area (Å²) in [5, 5.41) is 3.37. The van der Waals surface area contributed by atoms with E-state index >= 15 is 0 Å². The monoisotopic (exact) mass is 316 g/mol. The molecule has 4 rings (SSSR count). The van der Waals surface area contributed by atoms with E-state index in [1.165, 1.54) is 12.0 Å². The molecule has 2 atom stereocenters. The van der Waals surface area contributed by atoms with Crippen LogP contribution >= 0.6 is 0 Å². The molecular formula is C18H24N2O3. The Balaban J connectivity index is 1.42. The summed E-state index contributed by atoms with van der Waals surface area (Å²) in [5.41, 5.74) is 1.17. The van der Waals surface area contributed by atoms with Crippen LogP contribution in [0.5, 0.6) is 11.5 Å². The van der Waals surface area contributed by atoms with Crippen molar-refractivity contribution < 1.29 is 14.3 Å². The van der Waals surface area contributed by atoms with Gasteiger partial charge in [-0.05, 0) is 62.4 Å². The first-order valence-electron chi connectivity index (χ1n) is 8.71. The Morgan fingerprint density at radius 2 is 2.17 bits per heavy atom. The highest BCUT2D eigenvalue weighted by Crippen LogP contribution is 2.39. The van der Waals surface area contributed by atoms with E-state index in [0.29, 0.717) is 25.0 Å². The molecule has 1 N–H and O–H groups in total. The maximum absolute atomic E-state index is 12.7. The molecule has 5 nitrogen and oxygen atoms in total. The standard InChI is InChI=1S/C18H24N2O3/c21-18(6-3-13-7-8-19-11-13)20-9-1-2-15(20)14-4-5-16-17(10-14)23-12-22-16/h4-5,10,13,15,19H,1-3,6-9,11-12H2. The fourth-order valence-electron chi connectivity index (χ4n) is 3.96. The number of fused-ring (bicyclic) bond motifs is 1. The van der Waals surface area contributed by atoms with Crippen molar-refractivity contribution in [2.45, 2.75) is 38.1 Å². The average molecular weight is 316 g/mol. The number of amides is 1. The molecule has 0 aliphatic carbocycles. The van der Waals surface area contributed by atoms with Gasteiger partial charge in [-0.25, -0.2) is 0 Å². The van der Waals surface area contributed by atoms with Crippen molar-refractivity contribution in [2.24, 2.45) is 5.92 Å². The van der Waals surface area contributed by atoms with Gasteiger partial charge >= 0.3 is 0 Å². The Morgan fingerprint density at radius 1 is 1.26 bits per heavy atom. The third-order valence-corrected chi connectivity index (χ3v) is 5.28. The number of likely N-dealkylation sites (tertiary alicyclic amines) is 1. The van der Waals surface area contributed by atoms with Crippen molar-refractivity contribution in [3.63, 3.8) is 0 Å². The molecule has 23 heavy (non-hydrogen) atoms. The Bertz CT molecular complexity index is 584. The van der Waals surface area contributed by atoms with Crippen molar-refractivity contribution in [3.8, 4) is 11.5 Å². The molecule has 3 aliphatic rings. The Labute approximate surface area is 136 Å². The van der Waals surface area contributed by atoms with Crippen LogP contribution in [0.3, 0.4) is 0 Å². The van der Waals surface area contributed by atoms with E-state index in [0.717, 1.165) is 50.4 Å². The third-order valence-electron chi connectivity index (χ3n) is 5.28. The number of rotatable bonds is 4. The van der Waals surface area contributed by atoms with Crippen LogP contribution in [-0.4, -0.2) is 37.2 Å². The topological polar surface area (TPSA) is 50.8 Å². The van der Waals surface area contributed by atoms with Gasteiger partial charge in [0.2, 0.25) is 12.7 Å².